The van der Waals surface area contributed by atoms with Crippen LogP contribution in [0.1, 0.15) is 43.4 Å². The van der Waals surface area contributed by atoms with E-state index in [1.165, 1.54) is 50.8 Å². The van der Waals surface area contributed by atoms with Crippen molar-refractivity contribution in [2.24, 2.45) is 10.9 Å². The molecule has 1 saturated heterocycles. The number of aromatic nitrogens is 1. The molecule has 0 amide bonds. The third-order valence-electron chi connectivity index (χ3n) is 5.51. The normalized spacial score (nSPS) is 22.5. The number of likely N-dealkylation sites (tertiary alicyclic amines) is 1. The molecule has 2 fully saturated rings. The number of aliphatic imine (C=N–C) groups is 1. The van der Waals surface area contributed by atoms with E-state index in [1.807, 2.05) is 20.2 Å². The molecule has 2 N–H and O–H groups in total. The van der Waals surface area contributed by atoms with E-state index in [0.717, 1.165) is 37.1 Å². The number of hydrogen-bond acceptors (Lipinski definition) is 3. The third-order valence-corrected chi connectivity index (χ3v) is 5.51. The summed E-state index contributed by atoms with van der Waals surface area (Å²) in [5.41, 5.74) is 2.33. The Morgan fingerprint density at radius 3 is 2.84 bits per heavy atom. The first kappa shape index (κ1) is 18.2. The number of rotatable bonds is 6. The van der Waals surface area contributed by atoms with Crippen molar-refractivity contribution in [2.45, 2.75) is 51.5 Å². The van der Waals surface area contributed by atoms with Crippen molar-refractivity contribution in [3.63, 3.8) is 0 Å². The van der Waals surface area contributed by atoms with Crippen molar-refractivity contribution in [1.82, 2.24) is 20.5 Å². The van der Waals surface area contributed by atoms with E-state index in [-0.39, 0.29) is 0 Å². The van der Waals surface area contributed by atoms with Crippen molar-refractivity contribution in [3.05, 3.63) is 29.6 Å². The summed E-state index contributed by atoms with van der Waals surface area (Å²) in [6.07, 6.45) is 9.89. The Kier molecular flexibility index (Phi) is 6.68. The van der Waals surface area contributed by atoms with Gasteiger partial charge < -0.3 is 15.5 Å². The van der Waals surface area contributed by atoms with Crippen molar-refractivity contribution < 1.29 is 0 Å². The van der Waals surface area contributed by atoms with Crippen molar-refractivity contribution in [2.75, 3.05) is 33.2 Å². The van der Waals surface area contributed by atoms with E-state index in [2.05, 4.69) is 37.6 Å². The second-order valence-corrected chi connectivity index (χ2v) is 7.60. The van der Waals surface area contributed by atoms with Crippen LogP contribution in [0, 0.1) is 12.8 Å². The molecular weight excluding hydrogens is 310 g/mol. The summed E-state index contributed by atoms with van der Waals surface area (Å²) in [5.74, 6) is 1.87. The van der Waals surface area contributed by atoms with Crippen LogP contribution in [-0.2, 0) is 6.42 Å². The lowest BCUT2D eigenvalue weighted by Gasteiger charge is -2.21. The van der Waals surface area contributed by atoms with Crippen molar-refractivity contribution in [3.8, 4) is 0 Å². The van der Waals surface area contributed by atoms with Gasteiger partial charge in [-0.3, -0.25) is 9.98 Å². The lowest BCUT2D eigenvalue weighted by molar-refractivity contribution is 0.275. The molecule has 5 nitrogen and oxygen atoms in total. The highest BCUT2D eigenvalue weighted by molar-refractivity contribution is 5.80. The van der Waals surface area contributed by atoms with Gasteiger partial charge in [0.2, 0.25) is 0 Å². The van der Waals surface area contributed by atoms with Gasteiger partial charge in [0.25, 0.3) is 0 Å². The number of pyridine rings is 1. The highest BCUT2D eigenvalue weighted by Gasteiger charge is 2.26. The van der Waals surface area contributed by atoms with Crippen molar-refractivity contribution >= 4 is 5.96 Å². The molecule has 0 bridgehead atoms. The molecule has 1 unspecified atom stereocenters. The Morgan fingerprint density at radius 2 is 2.12 bits per heavy atom. The predicted molar refractivity (Wildman–Crippen MR) is 104 cm³/mol. The third kappa shape index (κ3) is 5.70. The van der Waals surface area contributed by atoms with Gasteiger partial charge in [0.1, 0.15) is 0 Å². The van der Waals surface area contributed by atoms with Gasteiger partial charge in [-0.1, -0.05) is 18.9 Å². The monoisotopic (exact) mass is 343 g/mol. The summed E-state index contributed by atoms with van der Waals surface area (Å²) >= 11 is 0. The van der Waals surface area contributed by atoms with Gasteiger partial charge in [-0.2, -0.15) is 0 Å². The van der Waals surface area contributed by atoms with Crippen LogP contribution in [0.3, 0.4) is 0 Å². The molecule has 1 aromatic heterocycles. The van der Waals surface area contributed by atoms with Crippen LogP contribution in [0.4, 0.5) is 0 Å². The molecule has 1 aliphatic heterocycles. The molecule has 0 radical (unpaired) electrons. The fraction of sp³-hybridized carbons (Fsp3) is 0.700. The van der Waals surface area contributed by atoms with Gasteiger partial charge in [-0.05, 0) is 50.2 Å². The largest absolute Gasteiger partial charge is 0.356 e. The molecule has 1 saturated carbocycles. The van der Waals surface area contributed by atoms with Gasteiger partial charge >= 0.3 is 0 Å². The molecule has 1 aromatic rings. The number of nitrogens with one attached hydrogen (secondary N) is 2. The van der Waals surface area contributed by atoms with Gasteiger partial charge in [0, 0.05) is 51.2 Å². The number of guanidine groups is 1. The van der Waals surface area contributed by atoms with Crippen LogP contribution in [0.5, 0.6) is 0 Å². The van der Waals surface area contributed by atoms with Crippen LogP contribution >= 0.6 is 0 Å². The summed E-state index contributed by atoms with van der Waals surface area (Å²) in [6.45, 7) is 6.57. The summed E-state index contributed by atoms with van der Waals surface area (Å²) in [7, 11) is 1.86. The van der Waals surface area contributed by atoms with Gasteiger partial charge in [-0.15, -0.1) is 0 Å². The minimum atomic E-state index is 0.522. The van der Waals surface area contributed by atoms with E-state index in [4.69, 9.17) is 0 Å². The SMILES string of the molecule is CN=C(NCCc1ccc(C)nc1)NC1CCN(CC2CCCC2)C1. The molecule has 3 rings (SSSR count). The Hall–Kier alpha value is -1.62. The molecule has 2 heterocycles. The minimum Gasteiger partial charge on any atom is -0.356 e. The van der Waals surface area contributed by atoms with Crippen LogP contribution in [0.2, 0.25) is 0 Å². The second-order valence-electron chi connectivity index (χ2n) is 7.60. The van der Waals surface area contributed by atoms with E-state index in [1.54, 1.807) is 0 Å². The number of hydrogen-bond donors (Lipinski definition) is 2. The average Bonchev–Trinajstić information content (AvgIpc) is 3.28. The molecule has 5 heteroatoms. The molecule has 138 valence electrons. The standard InChI is InChI=1S/C20H33N5/c1-16-7-8-17(13-23-16)9-11-22-20(21-2)24-19-10-12-25(15-19)14-18-5-3-4-6-18/h7-8,13,18-19H,3-6,9-12,14-15H2,1-2H3,(H2,21,22,24). The van der Waals surface area contributed by atoms with E-state index in [9.17, 15) is 0 Å². The van der Waals surface area contributed by atoms with Crippen LogP contribution in [0.15, 0.2) is 23.3 Å². The molecule has 25 heavy (non-hydrogen) atoms. The van der Waals surface area contributed by atoms with Gasteiger partial charge in [-0.25, -0.2) is 0 Å². The van der Waals surface area contributed by atoms with E-state index in [0.29, 0.717) is 6.04 Å². The van der Waals surface area contributed by atoms with Crippen LogP contribution in [-0.4, -0.2) is 55.1 Å². The second kappa shape index (κ2) is 9.18. The number of aryl methyl sites for hydroxylation is 1. The zero-order valence-corrected chi connectivity index (χ0v) is 15.8. The molecule has 1 aliphatic carbocycles. The maximum atomic E-state index is 4.39. The molecule has 1 atom stereocenters. The fourth-order valence-corrected chi connectivity index (χ4v) is 4.03. The highest BCUT2D eigenvalue weighted by atomic mass is 15.2. The van der Waals surface area contributed by atoms with Crippen LogP contribution < -0.4 is 10.6 Å². The van der Waals surface area contributed by atoms with E-state index < -0.39 is 0 Å². The first-order valence-corrected chi connectivity index (χ1v) is 9.84. The summed E-state index contributed by atoms with van der Waals surface area (Å²) < 4.78 is 0. The molecule has 2 aliphatic rings. The zero-order chi connectivity index (χ0) is 17.5. The first-order chi connectivity index (χ1) is 12.2. The minimum absolute atomic E-state index is 0.522. The maximum Gasteiger partial charge on any atom is 0.191 e. The lowest BCUT2D eigenvalue weighted by atomic mass is 10.1. The topological polar surface area (TPSA) is 52.6 Å². The number of nitrogens with zero attached hydrogens (tertiary/aromatic N) is 3. The lowest BCUT2D eigenvalue weighted by Crippen LogP contribution is -2.45. The van der Waals surface area contributed by atoms with Crippen LogP contribution in [0.25, 0.3) is 0 Å². The molecule has 0 spiro atoms. The molecular formula is C20H33N5. The quantitative estimate of drug-likeness (QED) is 0.615. The zero-order valence-electron chi connectivity index (χ0n) is 15.8. The summed E-state index contributed by atoms with van der Waals surface area (Å²) in [4.78, 5) is 11.4. The fourth-order valence-electron chi connectivity index (χ4n) is 4.03. The Morgan fingerprint density at radius 1 is 1.28 bits per heavy atom. The Labute approximate surface area is 152 Å². The van der Waals surface area contributed by atoms with Gasteiger partial charge in [0.05, 0.1) is 0 Å². The van der Waals surface area contributed by atoms with E-state index >= 15 is 0 Å². The van der Waals surface area contributed by atoms with Crippen molar-refractivity contribution in [1.29, 1.82) is 0 Å². The average molecular weight is 344 g/mol. The smallest absolute Gasteiger partial charge is 0.191 e. The predicted octanol–water partition coefficient (Wildman–Crippen LogP) is 2.36. The van der Waals surface area contributed by atoms with Gasteiger partial charge in [0.15, 0.2) is 5.96 Å². The first-order valence-electron chi connectivity index (χ1n) is 9.84. The Balaban J connectivity index is 1.36. The Bertz CT molecular complexity index is 548. The summed E-state index contributed by atoms with van der Waals surface area (Å²) in [6, 6.07) is 4.74. The molecule has 0 aromatic carbocycles. The highest BCUT2D eigenvalue weighted by Crippen LogP contribution is 2.26. The maximum absolute atomic E-state index is 4.39. The summed E-state index contributed by atoms with van der Waals surface area (Å²) in [5, 5.41) is 7.04.